The first-order valence-corrected chi connectivity index (χ1v) is 7.89. The molecular weight excluding hydrogens is 320 g/mol. The van der Waals surface area contributed by atoms with Crippen molar-refractivity contribution in [2.45, 2.75) is 38.8 Å². The maximum absolute atomic E-state index is 13.3. The summed E-state index contributed by atoms with van der Waals surface area (Å²) in [5.41, 5.74) is 1.07. The molecule has 1 unspecified atom stereocenters. The number of hydrogen-bond acceptors (Lipinski definition) is 1. The van der Waals surface area contributed by atoms with Crippen LogP contribution >= 0.6 is 0 Å². The van der Waals surface area contributed by atoms with Gasteiger partial charge in [0.2, 0.25) is 0 Å². The molecule has 1 atom stereocenters. The molecule has 0 spiro atoms. The van der Waals surface area contributed by atoms with Crippen LogP contribution in [-0.4, -0.2) is 5.11 Å². The van der Waals surface area contributed by atoms with Gasteiger partial charge in [0, 0.05) is 0 Å². The fourth-order valence-electron chi connectivity index (χ4n) is 2.54. The fourth-order valence-corrected chi connectivity index (χ4v) is 2.54. The SMILES string of the molecule is CC(CCc1ccc(C(F)(F)F)cc1)CCc1ccc(O)c(F)c1. The first kappa shape index (κ1) is 18.3. The third-order valence-corrected chi connectivity index (χ3v) is 4.14. The Morgan fingerprint density at radius 1 is 0.917 bits per heavy atom. The van der Waals surface area contributed by atoms with Gasteiger partial charge in [-0.2, -0.15) is 13.2 Å². The fraction of sp³-hybridized carbons (Fsp3) is 0.368. The molecule has 1 N–H and O–H groups in total. The number of phenols is 1. The highest BCUT2D eigenvalue weighted by atomic mass is 19.4. The molecule has 0 amide bonds. The number of hydrogen-bond donors (Lipinski definition) is 1. The first-order chi connectivity index (χ1) is 11.3. The van der Waals surface area contributed by atoms with Gasteiger partial charge >= 0.3 is 6.18 Å². The minimum atomic E-state index is -4.30. The van der Waals surface area contributed by atoms with Crippen LogP contribution in [0.1, 0.15) is 36.5 Å². The van der Waals surface area contributed by atoms with E-state index in [-0.39, 0.29) is 5.75 Å². The Morgan fingerprint density at radius 3 is 2.00 bits per heavy atom. The Morgan fingerprint density at radius 2 is 1.46 bits per heavy atom. The zero-order chi connectivity index (χ0) is 17.7. The molecule has 0 aliphatic rings. The maximum Gasteiger partial charge on any atom is 0.416 e. The lowest BCUT2D eigenvalue weighted by atomic mass is 9.94. The molecule has 0 saturated carbocycles. The van der Waals surface area contributed by atoms with Crippen molar-refractivity contribution >= 4 is 0 Å². The highest BCUT2D eigenvalue weighted by Gasteiger charge is 2.29. The van der Waals surface area contributed by atoms with Gasteiger partial charge in [0.25, 0.3) is 0 Å². The summed E-state index contributed by atoms with van der Waals surface area (Å²) in [6.07, 6.45) is -1.18. The lowest BCUT2D eigenvalue weighted by molar-refractivity contribution is -0.137. The van der Waals surface area contributed by atoms with E-state index in [0.717, 1.165) is 36.1 Å². The van der Waals surface area contributed by atoms with E-state index in [1.165, 1.54) is 24.3 Å². The molecular formula is C19H20F4O. The third kappa shape index (κ3) is 5.25. The second kappa shape index (κ2) is 7.69. The van der Waals surface area contributed by atoms with Crippen LogP contribution in [0.2, 0.25) is 0 Å². The van der Waals surface area contributed by atoms with E-state index in [9.17, 15) is 17.6 Å². The number of phenolic OH excluding ortho intramolecular Hbond substituents is 1. The molecule has 1 nitrogen and oxygen atoms in total. The Kier molecular flexibility index (Phi) is 5.86. The van der Waals surface area contributed by atoms with Crippen LogP contribution in [0.3, 0.4) is 0 Å². The first-order valence-electron chi connectivity index (χ1n) is 7.89. The highest BCUT2D eigenvalue weighted by Crippen LogP contribution is 2.29. The maximum atomic E-state index is 13.3. The minimum Gasteiger partial charge on any atom is -0.505 e. The van der Waals surface area contributed by atoms with Gasteiger partial charge in [0.05, 0.1) is 5.56 Å². The van der Waals surface area contributed by atoms with Crippen molar-refractivity contribution in [3.8, 4) is 5.75 Å². The summed E-state index contributed by atoms with van der Waals surface area (Å²) >= 11 is 0. The monoisotopic (exact) mass is 340 g/mol. The van der Waals surface area contributed by atoms with Crippen LogP contribution in [0.4, 0.5) is 17.6 Å². The van der Waals surface area contributed by atoms with Gasteiger partial charge in [-0.3, -0.25) is 0 Å². The van der Waals surface area contributed by atoms with Crippen molar-refractivity contribution in [2.75, 3.05) is 0 Å². The summed E-state index contributed by atoms with van der Waals surface area (Å²) in [5.74, 6) is -0.608. The average molecular weight is 340 g/mol. The molecule has 0 saturated heterocycles. The van der Waals surface area contributed by atoms with Crippen LogP contribution in [-0.2, 0) is 19.0 Å². The predicted octanol–water partition coefficient (Wildman–Crippen LogP) is 5.75. The van der Waals surface area contributed by atoms with Crippen LogP contribution in [0.15, 0.2) is 42.5 Å². The second-order valence-electron chi connectivity index (χ2n) is 6.16. The summed E-state index contributed by atoms with van der Waals surface area (Å²) in [7, 11) is 0. The molecule has 5 heteroatoms. The number of aromatic hydroxyl groups is 1. The van der Waals surface area contributed by atoms with E-state index >= 15 is 0 Å². The average Bonchev–Trinajstić information content (AvgIpc) is 2.53. The smallest absolute Gasteiger partial charge is 0.416 e. The predicted molar refractivity (Wildman–Crippen MR) is 85.3 cm³/mol. The molecule has 24 heavy (non-hydrogen) atoms. The third-order valence-electron chi connectivity index (χ3n) is 4.14. The molecule has 2 aromatic rings. The molecule has 0 aliphatic heterocycles. The number of rotatable bonds is 6. The molecule has 0 radical (unpaired) electrons. The lowest BCUT2D eigenvalue weighted by Crippen LogP contribution is -2.05. The number of alkyl halides is 3. The molecule has 0 bridgehead atoms. The Bertz CT molecular complexity index is 662. The van der Waals surface area contributed by atoms with Crippen LogP contribution < -0.4 is 0 Å². The summed E-state index contributed by atoms with van der Waals surface area (Å²) in [4.78, 5) is 0. The van der Waals surface area contributed by atoms with Gasteiger partial charge in [-0.05, 0) is 67.0 Å². The molecule has 2 rings (SSSR count). The highest BCUT2D eigenvalue weighted by molar-refractivity contribution is 5.28. The molecule has 0 aliphatic carbocycles. The van der Waals surface area contributed by atoms with Crippen molar-refractivity contribution in [3.63, 3.8) is 0 Å². The molecule has 0 fully saturated rings. The molecule has 130 valence electrons. The van der Waals surface area contributed by atoms with Crippen molar-refractivity contribution in [1.82, 2.24) is 0 Å². The number of benzene rings is 2. The zero-order valence-electron chi connectivity index (χ0n) is 13.4. The normalized spacial score (nSPS) is 13.0. The van der Waals surface area contributed by atoms with E-state index in [1.807, 2.05) is 0 Å². The summed E-state index contributed by atoms with van der Waals surface area (Å²) in [5, 5.41) is 9.16. The number of halogens is 4. The van der Waals surface area contributed by atoms with Crippen LogP contribution in [0.25, 0.3) is 0 Å². The molecule has 2 aromatic carbocycles. The van der Waals surface area contributed by atoms with Crippen LogP contribution in [0.5, 0.6) is 5.75 Å². The van der Waals surface area contributed by atoms with Gasteiger partial charge in [-0.1, -0.05) is 25.1 Å². The van der Waals surface area contributed by atoms with Gasteiger partial charge in [-0.25, -0.2) is 4.39 Å². The largest absolute Gasteiger partial charge is 0.505 e. The van der Waals surface area contributed by atoms with Crippen molar-refractivity contribution in [1.29, 1.82) is 0 Å². The Labute approximate surface area is 138 Å². The second-order valence-corrected chi connectivity index (χ2v) is 6.16. The van der Waals surface area contributed by atoms with E-state index in [0.29, 0.717) is 18.8 Å². The molecule has 0 heterocycles. The molecule has 0 aromatic heterocycles. The van der Waals surface area contributed by atoms with E-state index < -0.39 is 17.6 Å². The van der Waals surface area contributed by atoms with E-state index in [4.69, 9.17) is 5.11 Å². The van der Waals surface area contributed by atoms with E-state index in [2.05, 4.69) is 6.92 Å². The van der Waals surface area contributed by atoms with E-state index in [1.54, 1.807) is 6.07 Å². The summed E-state index contributed by atoms with van der Waals surface area (Å²) < 4.78 is 50.8. The van der Waals surface area contributed by atoms with Crippen LogP contribution in [0, 0.1) is 11.7 Å². The van der Waals surface area contributed by atoms with Gasteiger partial charge in [0.15, 0.2) is 11.6 Å². The Hall–Kier alpha value is -2.04. The minimum absolute atomic E-state index is 0.353. The van der Waals surface area contributed by atoms with Gasteiger partial charge < -0.3 is 5.11 Å². The lowest BCUT2D eigenvalue weighted by Gasteiger charge is -2.12. The van der Waals surface area contributed by atoms with Crippen molar-refractivity contribution < 1.29 is 22.7 Å². The summed E-state index contributed by atoms with van der Waals surface area (Å²) in [6.45, 7) is 2.07. The van der Waals surface area contributed by atoms with Gasteiger partial charge in [0.1, 0.15) is 0 Å². The van der Waals surface area contributed by atoms with Crippen molar-refractivity contribution in [2.24, 2.45) is 5.92 Å². The zero-order valence-corrected chi connectivity index (χ0v) is 13.4. The summed E-state index contributed by atoms with van der Waals surface area (Å²) in [6, 6.07) is 9.63. The number of aryl methyl sites for hydroxylation is 2. The standard InChI is InChI=1S/C19H20F4O/c1-13(3-5-15-8-11-18(24)17(20)12-15)2-4-14-6-9-16(10-7-14)19(21,22)23/h6-13,24H,2-5H2,1H3. The quantitative estimate of drug-likeness (QED) is 0.664. The Balaban J connectivity index is 1.80. The van der Waals surface area contributed by atoms with Crippen molar-refractivity contribution in [3.05, 3.63) is 65.0 Å². The topological polar surface area (TPSA) is 20.2 Å². The van der Waals surface area contributed by atoms with Gasteiger partial charge in [-0.15, -0.1) is 0 Å².